The van der Waals surface area contributed by atoms with Gasteiger partial charge in [-0.25, -0.2) is 0 Å². The van der Waals surface area contributed by atoms with Crippen LogP contribution in [0.15, 0.2) is 6.20 Å². The van der Waals surface area contributed by atoms with Crippen LogP contribution in [0.1, 0.15) is 24.6 Å². The molecule has 2 rings (SSSR count). The Morgan fingerprint density at radius 2 is 2.33 bits per heavy atom. The van der Waals surface area contributed by atoms with Gasteiger partial charge in [0.15, 0.2) is 0 Å². The molecule has 2 atom stereocenters. The highest BCUT2D eigenvalue weighted by molar-refractivity contribution is 6.31. The number of aliphatic hydroxyl groups is 1. The fraction of sp³-hybridized carbons (Fsp3) is 0.700. The van der Waals surface area contributed by atoms with Crippen LogP contribution in [0.2, 0.25) is 5.02 Å². The van der Waals surface area contributed by atoms with Gasteiger partial charge in [-0.1, -0.05) is 11.6 Å². The Morgan fingerprint density at radius 3 is 2.73 bits per heavy atom. The number of halogens is 1. The van der Waals surface area contributed by atoms with Crippen LogP contribution in [0.4, 0.5) is 0 Å². The lowest BCUT2D eigenvalue weighted by Crippen LogP contribution is -2.25. The minimum Gasteiger partial charge on any atom is -0.384 e. The summed E-state index contributed by atoms with van der Waals surface area (Å²) in [5.41, 5.74) is 0.635. The van der Waals surface area contributed by atoms with Crippen molar-refractivity contribution >= 4 is 11.6 Å². The second kappa shape index (κ2) is 4.12. The quantitative estimate of drug-likeness (QED) is 0.854. The normalized spacial score (nSPS) is 20.3. The molecule has 1 N–H and O–H groups in total. The summed E-state index contributed by atoms with van der Waals surface area (Å²) in [4.78, 5) is 0. The molecule has 0 bridgehead atoms. The lowest BCUT2D eigenvalue weighted by Gasteiger charge is -2.21. The van der Waals surface area contributed by atoms with E-state index in [4.69, 9.17) is 16.3 Å². The number of methoxy groups -OCH3 is 1. The van der Waals surface area contributed by atoms with Crippen LogP contribution < -0.4 is 0 Å². The molecule has 84 valence electrons. The van der Waals surface area contributed by atoms with Crippen LogP contribution in [0.25, 0.3) is 0 Å². The number of aryl methyl sites for hydroxylation is 1. The molecule has 1 aliphatic rings. The van der Waals surface area contributed by atoms with Crippen LogP contribution in [0.5, 0.6) is 0 Å². The predicted molar refractivity (Wildman–Crippen MR) is 56.7 cm³/mol. The van der Waals surface area contributed by atoms with Crippen LogP contribution in [0.3, 0.4) is 0 Å². The van der Waals surface area contributed by atoms with Gasteiger partial charge >= 0.3 is 0 Å². The Hall–Kier alpha value is -0.580. The van der Waals surface area contributed by atoms with Crippen molar-refractivity contribution in [3.63, 3.8) is 0 Å². The smallest absolute Gasteiger partial charge is 0.123 e. The summed E-state index contributed by atoms with van der Waals surface area (Å²) in [5, 5.41) is 14.7. The third kappa shape index (κ3) is 2.02. The first-order valence-corrected chi connectivity index (χ1v) is 5.41. The van der Waals surface area contributed by atoms with Crippen LogP contribution in [-0.4, -0.2) is 28.1 Å². The first kappa shape index (κ1) is 10.9. The third-order valence-electron chi connectivity index (χ3n) is 2.89. The minimum atomic E-state index is -0.692. The first-order chi connectivity index (χ1) is 7.15. The summed E-state index contributed by atoms with van der Waals surface area (Å²) < 4.78 is 6.92. The zero-order valence-electron chi connectivity index (χ0n) is 8.85. The molecule has 1 aromatic rings. The molecule has 0 spiro atoms. The Morgan fingerprint density at radius 1 is 1.67 bits per heavy atom. The molecule has 5 heteroatoms. The summed E-state index contributed by atoms with van der Waals surface area (Å²) in [6.45, 7) is 0. The van der Waals surface area contributed by atoms with E-state index in [2.05, 4.69) is 5.10 Å². The number of nitrogens with zero attached hydrogens (tertiary/aromatic N) is 2. The van der Waals surface area contributed by atoms with Crippen molar-refractivity contribution in [3.05, 3.63) is 16.9 Å². The van der Waals surface area contributed by atoms with Crippen molar-refractivity contribution in [2.75, 3.05) is 7.11 Å². The fourth-order valence-corrected chi connectivity index (χ4v) is 2.19. The molecule has 1 aromatic heterocycles. The molecular formula is C10H15ClN2O2. The molecule has 0 aromatic carbocycles. The Labute approximate surface area is 93.8 Å². The molecular weight excluding hydrogens is 216 g/mol. The molecule has 0 amide bonds. The molecule has 15 heavy (non-hydrogen) atoms. The summed E-state index contributed by atoms with van der Waals surface area (Å²) in [7, 11) is 3.39. The van der Waals surface area contributed by atoms with Gasteiger partial charge in [0.1, 0.15) is 6.10 Å². The van der Waals surface area contributed by atoms with Crippen LogP contribution in [0, 0.1) is 5.92 Å². The number of hydrogen-bond acceptors (Lipinski definition) is 3. The van der Waals surface area contributed by atoms with Crippen LogP contribution in [-0.2, 0) is 11.8 Å². The highest BCUT2D eigenvalue weighted by Gasteiger charge is 2.38. The standard InChI is InChI=1S/C10H15ClN2O2/c1-13-8(7(11)5-12-13)9(14)10(15-2)6-3-4-6/h5-6,9-10,14H,3-4H2,1-2H3. The van der Waals surface area contributed by atoms with Gasteiger partial charge in [-0.15, -0.1) is 0 Å². The van der Waals surface area contributed by atoms with E-state index in [1.807, 2.05) is 0 Å². The summed E-state index contributed by atoms with van der Waals surface area (Å²) in [6.07, 6.45) is 2.91. The topological polar surface area (TPSA) is 47.3 Å². The van der Waals surface area contributed by atoms with Gasteiger partial charge < -0.3 is 9.84 Å². The van der Waals surface area contributed by atoms with E-state index in [9.17, 15) is 5.11 Å². The maximum absolute atomic E-state index is 10.2. The van der Waals surface area contributed by atoms with Crippen molar-refractivity contribution in [1.82, 2.24) is 9.78 Å². The van der Waals surface area contributed by atoms with Crippen molar-refractivity contribution in [2.45, 2.75) is 25.0 Å². The van der Waals surface area contributed by atoms with Gasteiger partial charge in [0.25, 0.3) is 0 Å². The molecule has 1 saturated carbocycles. The van der Waals surface area contributed by atoms with Gasteiger partial charge in [-0.2, -0.15) is 5.10 Å². The lowest BCUT2D eigenvalue weighted by molar-refractivity contribution is -0.0294. The van der Waals surface area contributed by atoms with Gasteiger partial charge in [-0.3, -0.25) is 4.68 Å². The largest absolute Gasteiger partial charge is 0.384 e. The van der Waals surface area contributed by atoms with Crippen molar-refractivity contribution in [3.8, 4) is 0 Å². The molecule has 2 unspecified atom stereocenters. The van der Waals surface area contributed by atoms with Crippen LogP contribution >= 0.6 is 11.6 Å². The zero-order chi connectivity index (χ0) is 11.0. The Bertz CT molecular complexity index is 330. The first-order valence-electron chi connectivity index (χ1n) is 5.03. The molecule has 0 aliphatic heterocycles. The van der Waals surface area contributed by atoms with E-state index >= 15 is 0 Å². The maximum Gasteiger partial charge on any atom is 0.123 e. The van der Waals surface area contributed by atoms with E-state index in [-0.39, 0.29) is 6.10 Å². The zero-order valence-corrected chi connectivity index (χ0v) is 9.61. The SMILES string of the molecule is COC(C1CC1)C(O)c1c(Cl)cnn1C. The van der Waals surface area contributed by atoms with Gasteiger partial charge in [0.2, 0.25) is 0 Å². The average Bonchev–Trinajstić information content (AvgIpc) is 2.95. The number of hydrogen-bond donors (Lipinski definition) is 1. The molecule has 0 saturated heterocycles. The predicted octanol–water partition coefficient (Wildman–Crippen LogP) is 1.53. The molecule has 1 heterocycles. The third-order valence-corrected chi connectivity index (χ3v) is 3.18. The van der Waals surface area contributed by atoms with E-state index in [1.165, 1.54) is 0 Å². The van der Waals surface area contributed by atoms with E-state index in [0.29, 0.717) is 16.6 Å². The number of aliphatic hydroxyl groups excluding tert-OH is 1. The molecule has 1 aliphatic carbocycles. The van der Waals surface area contributed by atoms with E-state index in [1.54, 1.807) is 25.0 Å². The van der Waals surface area contributed by atoms with Crippen molar-refractivity contribution in [2.24, 2.45) is 13.0 Å². The van der Waals surface area contributed by atoms with E-state index in [0.717, 1.165) is 12.8 Å². The van der Waals surface area contributed by atoms with Crippen molar-refractivity contribution in [1.29, 1.82) is 0 Å². The highest BCUT2D eigenvalue weighted by atomic mass is 35.5. The fourth-order valence-electron chi connectivity index (χ4n) is 1.91. The highest BCUT2D eigenvalue weighted by Crippen LogP contribution is 2.40. The summed E-state index contributed by atoms with van der Waals surface area (Å²) >= 11 is 5.97. The lowest BCUT2D eigenvalue weighted by atomic mass is 10.1. The van der Waals surface area contributed by atoms with Gasteiger partial charge in [0.05, 0.1) is 23.0 Å². The summed E-state index contributed by atoms with van der Waals surface area (Å²) in [6, 6.07) is 0. The monoisotopic (exact) mass is 230 g/mol. The van der Waals surface area contributed by atoms with Gasteiger partial charge in [0, 0.05) is 14.2 Å². The van der Waals surface area contributed by atoms with Crippen molar-refractivity contribution < 1.29 is 9.84 Å². The molecule has 1 fully saturated rings. The molecule has 4 nitrogen and oxygen atoms in total. The van der Waals surface area contributed by atoms with Gasteiger partial charge in [-0.05, 0) is 18.8 Å². The number of rotatable bonds is 4. The summed E-state index contributed by atoms with van der Waals surface area (Å²) in [5.74, 6) is 0.455. The second-order valence-corrected chi connectivity index (χ2v) is 4.39. The average molecular weight is 231 g/mol. The Kier molecular flexibility index (Phi) is 3.00. The minimum absolute atomic E-state index is 0.169. The Balaban J connectivity index is 2.21. The number of aromatic nitrogens is 2. The molecule has 0 radical (unpaired) electrons. The second-order valence-electron chi connectivity index (χ2n) is 3.98. The maximum atomic E-state index is 10.2. The van der Waals surface area contributed by atoms with E-state index < -0.39 is 6.10 Å². The number of ether oxygens (including phenoxy) is 1.